The first-order valence-electron chi connectivity index (χ1n) is 6.12. The van der Waals surface area contributed by atoms with Crippen molar-refractivity contribution in [3.05, 3.63) is 24.0 Å². The Morgan fingerprint density at radius 2 is 2.18 bits per heavy atom. The largest absolute Gasteiger partial charge is 0.492 e. The van der Waals surface area contributed by atoms with E-state index in [1.54, 1.807) is 6.20 Å². The molecule has 0 aliphatic heterocycles. The third kappa shape index (κ3) is 5.15. The third-order valence-electron chi connectivity index (χ3n) is 2.60. The molecule has 0 saturated carbocycles. The zero-order valence-electron chi connectivity index (χ0n) is 11.0. The fraction of sp³-hybridized carbons (Fsp3) is 0.615. The van der Waals surface area contributed by atoms with Crippen molar-refractivity contribution >= 4 is 0 Å². The molecule has 1 aromatic rings. The lowest BCUT2D eigenvalue weighted by atomic mass is 10.1. The molecule has 0 radical (unpaired) electrons. The molecule has 1 rings (SSSR count). The molecule has 0 amide bonds. The number of aromatic nitrogens is 1. The Labute approximate surface area is 104 Å². The Morgan fingerprint density at radius 3 is 2.71 bits per heavy atom. The first-order chi connectivity index (χ1) is 8.13. The zero-order valence-corrected chi connectivity index (χ0v) is 11.0. The van der Waals surface area contributed by atoms with Gasteiger partial charge in [0.05, 0.1) is 18.5 Å². The van der Waals surface area contributed by atoms with Gasteiger partial charge in [0, 0.05) is 12.6 Å². The summed E-state index contributed by atoms with van der Waals surface area (Å²) in [4.78, 5) is 6.45. The van der Waals surface area contributed by atoms with Crippen LogP contribution in [0, 0.1) is 0 Å². The van der Waals surface area contributed by atoms with Gasteiger partial charge in [-0.05, 0) is 39.1 Å². The van der Waals surface area contributed by atoms with Crippen LogP contribution in [0.2, 0.25) is 0 Å². The van der Waals surface area contributed by atoms with Crippen molar-refractivity contribution in [2.75, 3.05) is 27.2 Å². The van der Waals surface area contributed by atoms with E-state index in [0.29, 0.717) is 0 Å². The van der Waals surface area contributed by atoms with E-state index in [1.807, 2.05) is 12.1 Å². The van der Waals surface area contributed by atoms with Crippen LogP contribution in [-0.4, -0.2) is 37.1 Å². The average molecular weight is 237 g/mol. The van der Waals surface area contributed by atoms with Crippen molar-refractivity contribution in [3.8, 4) is 5.75 Å². The number of hydrogen-bond acceptors (Lipinski definition) is 4. The second kappa shape index (κ2) is 7.25. The van der Waals surface area contributed by atoms with Crippen LogP contribution in [-0.2, 0) is 0 Å². The SMILES string of the molecule is CCC(N)c1ccc(OCCCN(C)C)cn1. The molecule has 0 aromatic carbocycles. The van der Waals surface area contributed by atoms with Crippen molar-refractivity contribution in [1.82, 2.24) is 9.88 Å². The Hall–Kier alpha value is -1.13. The maximum atomic E-state index is 5.89. The summed E-state index contributed by atoms with van der Waals surface area (Å²) in [6.45, 7) is 3.81. The van der Waals surface area contributed by atoms with Gasteiger partial charge in [0.15, 0.2) is 0 Å². The molecule has 1 unspecified atom stereocenters. The average Bonchev–Trinajstić information content (AvgIpc) is 2.34. The van der Waals surface area contributed by atoms with Gasteiger partial charge in [-0.25, -0.2) is 0 Å². The van der Waals surface area contributed by atoms with Gasteiger partial charge in [-0.1, -0.05) is 6.92 Å². The summed E-state index contributed by atoms with van der Waals surface area (Å²) >= 11 is 0. The van der Waals surface area contributed by atoms with Crippen LogP contribution >= 0.6 is 0 Å². The van der Waals surface area contributed by atoms with E-state index in [-0.39, 0.29) is 6.04 Å². The molecular weight excluding hydrogens is 214 g/mol. The van der Waals surface area contributed by atoms with E-state index < -0.39 is 0 Å². The van der Waals surface area contributed by atoms with Gasteiger partial charge >= 0.3 is 0 Å². The first kappa shape index (κ1) is 13.9. The molecule has 0 bridgehead atoms. The normalized spacial score (nSPS) is 12.8. The maximum absolute atomic E-state index is 5.89. The van der Waals surface area contributed by atoms with E-state index in [4.69, 9.17) is 10.5 Å². The predicted molar refractivity (Wildman–Crippen MR) is 70.1 cm³/mol. The van der Waals surface area contributed by atoms with Crippen molar-refractivity contribution in [3.63, 3.8) is 0 Å². The Kier molecular flexibility index (Phi) is 5.94. The van der Waals surface area contributed by atoms with Gasteiger partial charge in [-0.3, -0.25) is 4.98 Å². The van der Waals surface area contributed by atoms with E-state index in [9.17, 15) is 0 Å². The number of nitrogens with zero attached hydrogens (tertiary/aromatic N) is 2. The topological polar surface area (TPSA) is 51.4 Å². The quantitative estimate of drug-likeness (QED) is 0.735. The highest BCUT2D eigenvalue weighted by molar-refractivity contribution is 5.21. The number of hydrogen-bond donors (Lipinski definition) is 1. The molecule has 0 spiro atoms. The van der Waals surface area contributed by atoms with E-state index in [2.05, 4.69) is 30.9 Å². The number of pyridine rings is 1. The minimum atomic E-state index is 0.0257. The van der Waals surface area contributed by atoms with E-state index >= 15 is 0 Å². The summed E-state index contributed by atoms with van der Waals surface area (Å²) in [5.41, 5.74) is 6.81. The number of ether oxygens (including phenoxy) is 1. The standard InChI is InChI=1S/C13H23N3O/c1-4-12(14)13-7-6-11(10-15-13)17-9-5-8-16(2)3/h6-7,10,12H,4-5,8-9,14H2,1-3H3. The van der Waals surface area contributed by atoms with Crippen molar-refractivity contribution in [2.24, 2.45) is 5.73 Å². The lowest BCUT2D eigenvalue weighted by Crippen LogP contribution is -2.15. The monoisotopic (exact) mass is 237 g/mol. The highest BCUT2D eigenvalue weighted by Gasteiger charge is 2.04. The highest BCUT2D eigenvalue weighted by atomic mass is 16.5. The van der Waals surface area contributed by atoms with Gasteiger partial charge in [-0.2, -0.15) is 0 Å². The minimum Gasteiger partial charge on any atom is -0.492 e. The van der Waals surface area contributed by atoms with Gasteiger partial charge in [-0.15, -0.1) is 0 Å². The Balaban J connectivity index is 2.35. The van der Waals surface area contributed by atoms with Crippen LogP contribution in [0.4, 0.5) is 0 Å². The van der Waals surface area contributed by atoms with Crippen LogP contribution in [0.1, 0.15) is 31.5 Å². The minimum absolute atomic E-state index is 0.0257. The molecule has 4 nitrogen and oxygen atoms in total. The molecule has 0 fully saturated rings. The van der Waals surface area contributed by atoms with Crippen LogP contribution < -0.4 is 10.5 Å². The second-order valence-electron chi connectivity index (χ2n) is 4.44. The van der Waals surface area contributed by atoms with E-state index in [1.165, 1.54) is 0 Å². The second-order valence-corrected chi connectivity index (χ2v) is 4.44. The van der Waals surface area contributed by atoms with Crippen LogP contribution in [0.3, 0.4) is 0 Å². The van der Waals surface area contributed by atoms with Crippen molar-refractivity contribution in [2.45, 2.75) is 25.8 Å². The summed E-state index contributed by atoms with van der Waals surface area (Å²) in [5, 5.41) is 0. The van der Waals surface area contributed by atoms with Crippen LogP contribution in [0.25, 0.3) is 0 Å². The van der Waals surface area contributed by atoms with Crippen molar-refractivity contribution < 1.29 is 4.74 Å². The Bertz CT molecular complexity index is 311. The van der Waals surface area contributed by atoms with Crippen LogP contribution in [0.5, 0.6) is 5.75 Å². The molecule has 96 valence electrons. The third-order valence-corrected chi connectivity index (χ3v) is 2.60. The summed E-state index contributed by atoms with van der Waals surface area (Å²) in [5.74, 6) is 0.816. The fourth-order valence-corrected chi connectivity index (χ4v) is 1.48. The highest BCUT2D eigenvalue weighted by Crippen LogP contribution is 2.15. The van der Waals surface area contributed by atoms with Gasteiger partial charge < -0.3 is 15.4 Å². The lowest BCUT2D eigenvalue weighted by molar-refractivity contribution is 0.280. The molecule has 1 aromatic heterocycles. The molecule has 1 heterocycles. The first-order valence-corrected chi connectivity index (χ1v) is 6.12. The maximum Gasteiger partial charge on any atom is 0.137 e. The molecule has 4 heteroatoms. The fourth-order valence-electron chi connectivity index (χ4n) is 1.48. The Morgan fingerprint density at radius 1 is 1.41 bits per heavy atom. The summed E-state index contributed by atoms with van der Waals surface area (Å²) in [7, 11) is 4.12. The molecule has 1 atom stereocenters. The smallest absolute Gasteiger partial charge is 0.137 e. The molecule has 17 heavy (non-hydrogen) atoms. The van der Waals surface area contributed by atoms with Gasteiger partial charge in [0.2, 0.25) is 0 Å². The molecule has 2 N–H and O–H groups in total. The summed E-state index contributed by atoms with van der Waals surface area (Å²) < 4.78 is 5.59. The van der Waals surface area contributed by atoms with E-state index in [0.717, 1.165) is 37.4 Å². The predicted octanol–water partition coefficient (Wildman–Crippen LogP) is 1.82. The summed E-state index contributed by atoms with van der Waals surface area (Å²) in [6.07, 6.45) is 3.67. The molecule has 0 aliphatic rings. The van der Waals surface area contributed by atoms with Gasteiger partial charge in [0.1, 0.15) is 5.75 Å². The molecule has 0 aliphatic carbocycles. The molecular formula is C13H23N3O. The number of rotatable bonds is 7. The van der Waals surface area contributed by atoms with Crippen LogP contribution in [0.15, 0.2) is 18.3 Å². The molecule has 0 saturated heterocycles. The number of nitrogens with two attached hydrogens (primary N) is 1. The lowest BCUT2D eigenvalue weighted by Gasteiger charge is -2.11. The van der Waals surface area contributed by atoms with Gasteiger partial charge in [0.25, 0.3) is 0 Å². The van der Waals surface area contributed by atoms with Crippen molar-refractivity contribution in [1.29, 1.82) is 0 Å². The zero-order chi connectivity index (χ0) is 12.7. The summed E-state index contributed by atoms with van der Waals surface area (Å²) in [6, 6.07) is 3.90.